The van der Waals surface area contributed by atoms with E-state index in [1.807, 2.05) is 42.5 Å². The van der Waals surface area contributed by atoms with Crippen molar-refractivity contribution in [1.82, 2.24) is 4.72 Å². The first kappa shape index (κ1) is 17.1. The smallest absolute Gasteiger partial charge is 0.258 e. The largest absolute Gasteiger partial charge is 0.269 e. The van der Waals surface area contributed by atoms with E-state index in [2.05, 4.69) is 4.72 Å². The van der Waals surface area contributed by atoms with Crippen molar-refractivity contribution in [3.05, 3.63) is 82.4 Å². The number of fused-ring (bicyclic) bond motifs is 1. The molecule has 0 unspecified atom stereocenters. The Bertz CT molecular complexity index is 1010. The summed E-state index contributed by atoms with van der Waals surface area (Å²) in [6.07, 6.45) is 0.549. The predicted molar refractivity (Wildman–Crippen MR) is 95.9 cm³/mol. The molecule has 0 spiro atoms. The summed E-state index contributed by atoms with van der Waals surface area (Å²) in [5.41, 5.74) is 0.916. The minimum Gasteiger partial charge on any atom is -0.258 e. The second-order valence-electron chi connectivity index (χ2n) is 5.54. The van der Waals surface area contributed by atoms with E-state index in [1.165, 1.54) is 24.3 Å². The molecule has 0 saturated carbocycles. The number of hydrogen-bond donors (Lipinski definition) is 1. The van der Waals surface area contributed by atoms with Gasteiger partial charge in [0.15, 0.2) is 0 Å². The van der Waals surface area contributed by atoms with Crippen LogP contribution in [0.1, 0.15) is 5.56 Å². The van der Waals surface area contributed by atoms with Crippen LogP contribution in [0.5, 0.6) is 0 Å². The second-order valence-corrected chi connectivity index (χ2v) is 7.30. The Morgan fingerprint density at radius 3 is 2.32 bits per heavy atom. The van der Waals surface area contributed by atoms with Crippen LogP contribution in [0.2, 0.25) is 0 Å². The number of non-ortho nitro benzene ring substituents is 1. The fourth-order valence-electron chi connectivity index (χ4n) is 2.66. The minimum atomic E-state index is -3.70. The van der Waals surface area contributed by atoms with Crippen LogP contribution in [0.4, 0.5) is 5.69 Å². The molecule has 0 saturated heterocycles. The molecule has 0 amide bonds. The molecule has 0 bridgehead atoms. The van der Waals surface area contributed by atoms with Gasteiger partial charge in [-0.3, -0.25) is 10.1 Å². The predicted octanol–water partition coefficient (Wildman–Crippen LogP) is 3.27. The molecule has 0 heterocycles. The summed E-state index contributed by atoms with van der Waals surface area (Å²) in [7, 11) is -3.70. The van der Waals surface area contributed by atoms with Crippen molar-refractivity contribution in [2.24, 2.45) is 0 Å². The summed E-state index contributed by atoms with van der Waals surface area (Å²) < 4.78 is 27.1. The van der Waals surface area contributed by atoms with E-state index in [-0.39, 0.29) is 17.1 Å². The molecule has 0 aromatic heterocycles. The molecule has 0 aliphatic carbocycles. The van der Waals surface area contributed by atoms with E-state index in [1.54, 1.807) is 0 Å². The summed E-state index contributed by atoms with van der Waals surface area (Å²) in [4.78, 5) is 10.1. The number of nitro benzene ring substituents is 1. The fraction of sp³-hybridized carbons (Fsp3) is 0.111. The molecule has 3 aromatic carbocycles. The quantitative estimate of drug-likeness (QED) is 0.542. The minimum absolute atomic E-state index is 0.0102. The third-order valence-corrected chi connectivity index (χ3v) is 5.40. The van der Waals surface area contributed by atoms with Gasteiger partial charge in [-0.05, 0) is 34.9 Å². The van der Waals surface area contributed by atoms with Gasteiger partial charge < -0.3 is 0 Å². The molecule has 0 aliphatic rings. The lowest BCUT2D eigenvalue weighted by molar-refractivity contribution is -0.384. The Balaban J connectivity index is 1.71. The molecular weight excluding hydrogens is 340 g/mol. The maximum atomic E-state index is 12.3. The Morgan fingerprint density at radius 1 is 0.920 bits per heavy atom. The molecular formula is C18H16N2O4S. The SMILES string of the molecule is O=[N+]([O-])c1ccc(S(=O)(=O)NCCc2cccc3ccccc23)cc1. The third-order valence-electron chi connectivity index (χ3n) is 3.92. The van der Waals surface area contributed by atoms with Gasteiger partial charge in [-0.2, -0.15) is 0 Å². The van der Waals surface area contributed by atoms with Gasteiger partial charge in [0, 0.05) is 18.7 Å². The topological polar surface area (TPSA) is 89.3 Å². The molecule has 3 rings (SSSR count). The molecule has 0 radical (unpaired) electrons. The number of nitrogens with one attached hydrogen (secondary N) is 1. The molecule has 1 N–H and O–H groups in total. The van der Waals surface area contributed by atoms with Crippen molar-refractivity contribution in [3.63, 3.8) is 0 Å². The van der Waals surface area contributed by atoms with Gasteiger partial charge in [-0.15, -0.1) is 0 Å². The van der Waals surface area contributed by atoms with Gasteiger partial charge in [-0.25, -0.2) is 13.1 Å². The van der Waals surface area contributed by atoms with E-state index < -0.39 is 14.9 Å². The zero-order valence-electron chi connectivity index (χ0n) is 13.3. The average molecular weight is 356 g/mol. The van der Waals surface area contributed by atoms with Crippen molar-refractivity contribution in [1.29, 1.82) is 0 Å². The molecule has 0 aliphatic heterocycles. The van der Waals surface area contributed by atoms with E-state index in [9.17, 15) is 18.5 Å². The van der Waals surface area contributed by atoms with Gasteiger partial charge in [0.25, 0.3) is 5.69 Å². The van der Waals surface area contributed by atoms with E-state index >= 15 is 0 Å². The average Bonchev–Trinajstić information content (AvgIpc) is 2.62. The Labute approximate surface area is 145 Å². The molecule has 3 aromatic rings. The summed E-state index contributed by atoms with van der Waals surface area (Å²) in [6.45, 7) is 0.243. The Kier molecular flexibility index (Phi) is 4.78. The van der Waals surface area contributed by atoms with E-state index in [4.69, 9.17) is 0 Å². The van der Waals surface area contributed by atoms with Crippen LogP contribution >= 0.6 is 0 Å². The number of hydrogen-bond acceptors (Lipinski definition) is 4. The molecule has 0 fully saturated rings. The number of sulfonamides is 1. The highest BCUT2D eigenvalue weighted by Crippen LogP contribution is 2.19. The van der Waals surface area contributed by atoms with Crippen molar-refractivity contribution in [2.75, 3.05) is 6.54 Å². The first-order valence-electron chi connectivity index (χ1n) is 7.68. The van der Waals surface area contributed by atoms with Crippen molar-refractivity contribution < 1.29 is 13.3 Å². The summed E-state index contributed by atoms with van der Waals surface area (Å²) in [5, 5.41) is 12.8. The van der Waals surface area contributed by atoms with Gasteiger partial charge in [0.05, 0.1) is 9.82 Å². The van der Waals surface area contributed by atoms with Crippen LogP contribution < -0.4 is 4.72 Å². The third kappa shape index (κ3) is 3.84. The van der Waals surface area contributed by atoms with Crippen molar-refractivity contribution in [2.45, 2.75) is 11.3 Å². The number of nitrogens with zero attached hydrogens (tertiary/aromatic N) is 1. The van der Waals surface area contributed by atoms with Crippen molar-refractivity contribution >= 4 is 26.5 Å². The highest BCUT2D eigenvalue weighted by molar-refractivity contribution is 7.89. The lowest BCUT2D eigenvalue weighted by Gasteiger charge is -2.09. The number of rotatable bonds is 6. The van der Waals surface area contributed by atoms with Crippen LogP contribution in [0.3, 0.4) is 0 Å². The van der Waals surface area contributed by atoms with Crippen LogP contribution in [-0.2, 0) is 16.4 Å². The van der Waals surface area contributed by atoms with E-state index in [0.29, 0.717) is 6.42 Å². The van der Waals surface area contributed by atoms with Crippen LogP contribution in [0, 0.1) is 10.1 Å². The maximum absolute atomic E-state index is 12.3. The second kappa shape index (κ2) is 7.00. The highest BCUT2D eigenvalue weighted by atomic mass is 32.2. The molecule has 0 atom stereocenters. The molecule has 25 heavy (non-hydrogen) atoms. The van der Waals surface area contributed by atoms with Crippen molar-refractivity contribution in [3.8, 4) is 0 Å². The maximum Gasteiger partial charge on any atom is 0.269 e. The monoisotopic (exact) mass is 356 g/mol. The first-order chi connectivity index (χ1) is 12.0. The Hall–Kier alpha value is -2.77. The number of nitro groups is 1. The molecule has 7 heteroatoms. The lowest BCUT2D eigenvalue weighted by atomic mass is 10.0. The van der Waals surface area contributed by atoms with Gasteiger partial charge in [0.1, 0.15) is 0 Å². The van der Waals surface area contributed by atoms with E-state index in [0.717, 1.165) is 16.3 Å². The van der Waals surface area contributed by atoms with Gasteiger partial charge in [0.2, 0.25) is 10.0 Å². The van der Waals surface area contributed by atoms with Gasteiger partial charge >= 0.3 is 0 Å². The first-order valence-corrected chi connectivity index (χ1v) is 9.16. The lowest BCUT2D eigenvalue weighted by Crippen LogP contribution is -2.26. The van der Waals surface area contributed by atoms with Crippen LogP contribution in [0.15, 0.2) is 71.6 Å². The summed E-state index contributed by atoms with van der Waals surface area (Å²) in [5.74, 6) is 0. The zero-order valence-corrected chi connectivity index (χ0v) is 14.1. The van der Waals surface area contributed by atoms with Gasteiger partial charge in [-0.1, -0.05) is 42.5 Å². The summed E-state index contributed by atoms with van der Waals surface area (Å²) >= 11 is 0. The molecule has 128 valence electrons. The Morgan fingerprint density at radius 2 is 1.60 bits per heavy atom. The standard InChI is InChI=1S/C18H16N2O4S/c21-20(22)16-8-10-17(11-9-16)25(23,24)19-13-12-15-6-3-5-14-4-1-2-7-18(14)15/h1-11,19H,12-13H2. The zero-order chi connectivity index (χ0) is 17.9. The van der Waals surface area contributed by atoms with Crippen LogP contribution in [-0.4, -0.2) is 19.9 Å². The summed E-state index contributed by atoms with van der Waals surface area (Å²) in [6, 6.07) is 18.7. The number of benzene rings is 3. The normalized spacial score (nSPS) is 11.5. The fourth-order valence-corrected chi connectivity index (χ4v) is 3.69. The highest BCUT2D eigenvalue weighted by Gasteiger charge is 2.15. The molecule has 6 nitrogen and oxygen atoms in total. The van der Waals surface area contributed by atoms with Crippen LogP contribution in [0.25, 0.3) is 10.8 Å².